The van der Waals surface area contributed by atoms with Gasteiger partial charge < -0.3 is 4.74 Å². The Hall–Kier alpha value is -2.70. The number of fused-ring (bicyclic) bond motifs is 1. The van der Waals surface area contributed by atoms with E-state index in [4.69, 9.17) is 14.8 Å². The number of carbonyl (C=O) groups excluding carboxylic acids is 1. The van der Waals surface area contributed by atoms with Crippen molar-refractivity contribution >= 4 is 17.0 Å². The first kappa shape index (κ1) is 19.6. The molecular weight excluding hydrogens is 366 g/mol. The number of hydrogen-bond donors (Lipinski definition) is 0. The highest BCUT2D eigenvalue weighted by atomic mass is 16.5. The lowest BCUT2D eigenvalue weighted by Crippen LogP contribution is -2.16. The van der Waals surface area contributed by atoms with Crippen LogP contribution in [0.25, 0.3) is 22.3 Å². The van der Waals surface area contributed by atoms with Gasteiger partial charge in [0.1, 0.15) is 0 Å². The molecule has 0 aliphatic heterocycles. The zero-order valence-electron chi connectivity index (χ0n) is 17.7. The Balaban J connectivity index is 2.01. The summed E-state index contributed by atoms with van der Waals surface area (Å²) in [4.78, 5) is 17.4. The number of hydrogen-bond acceptors (Lipinski definition) is 5. The molecule has 0 radical (unpaired) electrons. The van der Waals surface area contributed by atoms with E-state index in [0.29, 0.717) is 18.3 Å². The van der Waals surface area contributed by atoms with Gasteiger partial charge in [-0.15, -0.1) is 0 Å². The molecule has 1 saturated carbocycles. The molecule has 0 aromatic carbocycles. The van der Waals surface area contributed by atoms with Crippen LogP contribution in [0.4, 0.5) is 0 Å². The van der Waals surface area contributed by atoms with Crippen molar-refractivity contribution in [2.75, 3.05) is 6.61 Å². The van der Waals surface area contributed by atoms with Crippen molar-refractivity contribution in [2.45, 2.75) is 64.8 Å². The number of pyridine rings is 1. The first-order valence-electron chi connectivity index (χ1n) is 10.6. The van der Waals surface area contributed by atoms with E-state index in [2.05, 4.69) is 23.6 Å². The number of aryl methyl sites for hydroxylation is 1. The molecule has 4 rings (SSSR count). The monoisotopic (exact) mass is 395 g/mol. The van der Waals surface area contributed by atoms with Crippen molar-refractivity contribution in [2.24, 2.45) is 7.05 Å². The van der Waals surface area contributed by atoms with Crippen molar-refractivity contribution in [3.8, 4) is 11.3 Å². The second-order valence-corrected chi connectivity index (χ2v) is 8.09. The van der Waals surface area contributed by atoms with Crippen LogP contribution in [-0.4, -0.2) is 37.1 Å². The predicted molar refractivity (Wildman–Crippen MR) is 112 cm³/mol. The predicted octanol–water partition coefficient (Wildman–Crippen LogP) is 4.64. The molecule has 0 N–H and O–H groups in total. The molecule has 154 valence electrons. The van der Waals surface area contributed by atoms with Gasteiger partial charge in [0.25, 0.3) is 0 Å². The minimum atomic E-state index is -0.402. The van der Waals surface area contributed by atoms with Gasteiger partial charge in [-0.25, -0.2) is 14.5 Å². The molecule has 7 heteroatoms. The van der Waals surface area contributed by atoms with E-state index in [1.54, 1.807) is 6.20 Å². The maximum absolute atomic E-state index is 12.6. The smallest absolute Gasteiger partial charge is 0.357 e. The molecule has 0 amide bonds. The molecule has 0 bridgehead atoms. The molecule has 7 nitrogen and oxygen atoms in total. The van der Waals surface area contributed by atoms with Gasteiger partial charge in [-0.3, -0.25) is 4.68 Å². The average molecular weight is 396 g/mol. The summed E-state index contributed by atoms with van der Waals surface area (Å²) >= 11 is 0. The summed E-state index contributed by atoms with van der Waals surface area (Å²) in [5.41, 5.74) is 3.99. The zero-order chi connectivity index (χ0) is 20.5. The Morgan fingerprint density at radius 1 is 1.28 bits per heavy atom. The van der Waals surface area contributed by atoms with Crippen LogP contribution in [0.2, 0.25) is 0 Å². The van der Waals surface area contributed by atoms with E-state index in [-0.39, 0.29) is 5.92 Å². The van der Waals surface area contributed by atoms with Crippen LogP contribution < -0.4 is 0 Å². The quantitative estimate of drug-likeness (QED) is 0.589. The molecule has 3 aromatic rings. The van der Waals surface area contributed by atoms with Crippen molar-refractivity contribution in [1.82, 2.24) is 24.5 Å². The van der Waals surface area contributed by atoms with E-state index in [1.807, 2.05) is 30.8 Å². The summed E-state index contributed by atoms with van der Waals surface area (Å²) in [6, 6.07) is 4.12. The average Bonchev–Trinajstić information content (AvgIpc) is 3.32. The third-order valence-electron chi connectivity index (χ3n) is 5.74. The van der Waals surface area contributed by atoms with Crippen LogP contribution in [0.5, 0.6) is 0 Å². The van der Waals surface area contributed by atoms with Crippen LogP contribution in [0.1, 0.15) is 81.0 Å². The summed E-state index contributed by atoms with van der Waals surface area (Å²) in [7, 11) is 1.91. The fourth-order valence-electron chi connectivity index (χ4n) is 4.30. The van der Waals surface area contributed by atoms with E-state index >= 15 is 0 Å². The summed E-state index contributed by atoms with van der Waals surface area (Å²) in [5, 5.41) is 10.4. The fraction of sp³-hybridized carbons (Fsp3) is 0.545. The van der Waals surface area contributed by atoms with E-state index in [0.717, 1.165) is 40.8 Å². The topological polar surface area (TPSA) is 74.8 Å². The molecule has 0 atom stereocenters. The first-order chi connectivity index (χ1) is 14.0. The van der Waals surface area contributed by atoms with Crippen molar-refractivity contribution in [3.63, 3.8) is 0 Å². The maximum atomic E-state index is 12.6. The highest BCUT2D eigenvalue weighted by Gasteiger charge is 2.27. The molecule has 0 saturated heterocycles. The van der Waals surface area contributed by atoms with Crippen molar-refractivity contribution in [1.29, 1.82) is 0 Å². The first-order valence-corrected chi connectivity index (χ1v) is 10.6. The van der Waals surface area contributed by atoms with Gasteiger partial charge in [0.05, 0.1) is 29.4 Å². The van der Waals surface area contributed by atoms with E-state index < -0.39 is 5.97 Å². The van der Waals surface area contributed by atoms with Gasteiger partial charge in [0.2, 0.25) is 0 Å². The van der Waals surface area contributed by atoms with Crippen LogP contribution >= 0.6 is 0 Å². The van der Waals surface area contributed by atoms with Gasteiger partial charge in [-0.1, -0.05) is 33.1 Å². The molecule has 3 aromatic heterocycles. The van der Waals surface area contributed by atoms with Crippen LogP contribution in [0.3, 0.4) is 0 Å². The fourth-order valence-corrected chi connectivity index (χ4v) is 4.30. The summed E-state index contributed by atoms with van der Waals surface area (Å²) in [6.45, 7) is 6.43. The van der Waals surface area contributed by atoms with Crippen LogP contribution in [0.15, 0.2) is 18.3 Å². The number of ether oxygens (including phenoxy) is 1. The number of rotatable bonds is 5. The Kier molecular flexibility index (Phi) is 5.39. The standard InChI is InChI=1S/C22H29N5O2/c1-5-29-22(28)17-13-16(18-11-12-23-26(18)4)19-20(14(2)3)25-27(21(19)24-17)15-9-7-6-8-10-15/h11-15H,5-10H2,1-4H3. The zero-order valence-corrected chi connectivity index (χ0v) is 17.7. The molecule has 0 unspecified atom stereocenters. The Bertz CT molecular complexity index is 1030. The van der Waals surface area contributed by atoms with Gasteiger partial charge in [-0.2, -0.15) is 10.2 Å². The third-order valence-corrected chi connectivity index (χ3v) is 5.74. The van der Waals surface area contributed by atoms with Gasteiger partial charge in [0, 0.05) is 18.8 Å². The van der Waals surface area contributed by atoms with E-state index in [9.17, 15) is 4.79 Å². The minimum Gasteiger partial charge on any atom is -0.461 e. The molecule has 1 fully saturated rings. The lowest BCUT2D eigenvalue weighted by Gasteiger charge is -2.22. The largest absolute Gasteiger partial charge is 0.461 e. The number of aromatic nitrogens is 5. The molecular formula is C22H29N5O2. The Morgan fingerprint density at radius 3 is 2.66 bits per heavy atom. The normalized spacial score (nSPS) is 15.3. The highest BCUT2D eigenvalue weighted by Crippen LogP contribution is 2.37. The lowest BCUT2D eigenvalue weighted by atomic mass is 9.95. The van der Waals surface area contributed by atoms with Crippen LogP contribution in [-0.2, 0) is 11.8 Å². The third kappa shape index (κ3) is 3.54. The Labute approximate surface area is 171 Å². The SMILES string of the molecule is CCOC(=O)c1cc(-c2ccnn2C)c2c(C(C)C)nn(C3CCCCC3)c2n1. The molecule has 29 heavy (non-hydrogen) atoms. The number of nitrogens with zero attached hydrogens (tertiary/aromatic N) is 5. The van der Waals surface area contributed by atoms with Crippen molar-refractivity contribution in [3.05, 3.63) is 29.7 Å². The van der Waals surface area contributed by atoms with Crippen molar-refractivity contribution < 1.29 is 9.53 Å². The van der Waals surface area contributed by atoms with Crippen LogP contribution in [0, 0.1) is 0 Å². The molecule has 3 heterocycles. The lowest BCUT2D eigenvalue weighted by molar-refractivity contribution is 0.0520. The summed E-state index contributed by atoms with van der Waals surface area (Å²) in [5.74, 6) is -0.162. The number of carbonyl (C=O) groups is 1. The molecule has 1 aliphatic carbocycles. The van der Waals surface area contributed by atoms with Gasteiger partial charge in [-0.05, 0) is 37.8 Å². The van der Waals surface area contributed by atoms with Gasteiger partial charge in [0.15, 0.2) is 11.3 Å². The summed E-state index contributed by atoms with van der Waals surface area (Å²) in [6.07, 6.45) is 7.65. The maximum Gasteiger partial charge on any atom is 0.357 e. The second kappa shape index (κ2) is 7.97. The number of esters is 1. The summed E-state index contributed by atoms with van der Waals surface area (Å²) < 4.78 is 9.17. The second-order valence-electron chi connectivity index (χ2n) is 8.09. The highest BCUT2D eigenvalue weighted by molar-refractivity contribution is 5.99. The molecule has 0 spiro atoms. The van der Waals surface area contributed by atoms with Gasteiger partial charge >= 0.3 is 5.97 Å². The minimum absolute atomic E-state index is 0.240. The molecule has 1 aliphatic rings. The van der Waals surface area contributed by atoms with E-state index in [1.165, 1.54) is 19.3 Å². The Morgan fingerprint density at radius 2 is 2.03 bits per heavy atom.